The number of aromatic nitrogens is 2. The normalized spacial score (nSPS) is 17.7. The van der Waals surface area contributed by atoms with E-state index in [1.54, 1.807) is 23.7 Å². The van der Waals surface area contributed by atoms with Crippen LogP contribution in [0.25, 0.3) is 0 Å². The number of rotatable bonds is 4. The Morgan fingerprint density at radius 1 is 1.45 bits per heavy atom. The van der Waals surface area contributed by atoms with Crippen LogP contribution in [0, 0.1) is 6.92 Å². The predicted octanol–water partition coefficient (Wildman–Crippen LogP) is 2.94. The first-order valence-electron chi connectivity index (χ1n) is 7.59. The lowest BCUT2D eigenvalue weighted by Crippen LogP contribution is -2.40. The number of aryl methyl sites for hydroxylation is 1. The first kappa shape index (κ1) is 15.0. The van der Waals surface area contributed by atoms with E-state index in [2.05, 4.69) is 20.7 Å². The number of carbonyl (C=O) groups excluding carboxylic acids is 1. The first-order chi connectivity index (χ1) is 10.7. The van der Waals surface area contributed by atoms with Gasteiger partial charge in [-0.05, 0) is 37.5 Å². The maximum atomic E-state index is 12.4. The van der Waals surface area contributed by atoms with Crippen molar-refractivity contribution in [3.8, 4) is 0 Å². The van der Waals surface area contributed by atoms with Crippen molar-refractivity contribution in [2.24, 2.45) is 0 Å². The Hall–Kier alpha value is -1.95. The highest BCUT2D eigenvalue weighted by Crippen LogP contribution is 2.31. The van der Waals surface area contributed by atoms with Crippen LogP contribution in [-0.4, -0.2) is 34.0 Å². The molecule has 1 atom stereocenters. The van der Waals surface area contributed by atoms with Gasteiger partial charge in [-0.2, -0.15) is 0 Å². The molecule has 6 heteroatoms. The largest absolute Gasteiger partial charge is 0.338 e. The van der Waals surface area contributed by atoms with Crippen molar-refractivity contribution in [1.82, 2.24) is 20.2 Å². The highest BCUT2D eigenvalue weighted by Gasteiger charge is 2.29. The fraction of sp³-hybridized carbons (Fsp3) is 0.438. The fourth-order valence-corrected chi connectivity index (χ4v) is 3.51. The van der Waals surface area contributed by atoms with Crippen LogP contribution in [-0.2, 0) is 6.42 Å². The number of nitrogens with one attached hydrogen (secondary N) is 1. The summed E-state index contributed by atoms with van der Waals surface area (Å²) in [7, 11) is 0. The summed E-state index contributed by atoms with van der Waals surface area (Å²) in [6.45, 7) is 3.44. The number of pyridine rings is 1. The molecule has 22 heavy (non-hydrogen) atoms. The second-order valence-electron chi connectivity index (χ2n) is 5.47. The predicted molar refractivity (Wildman–Crippen MR) is 86.9 cm³/mol. The van der Waals surface area contributed by atoms with E-state index in [1.165, 1.54) is 0 Å². The van der Waals surface area contributed by atoms with E-state index in [9.17, 15) is 4.79 Å². The van der Waals surface area contributed by atoms with Crippen LogP contribution < -0.4 is 5.32 Å². The average Bonchev–Trinajstić information content (AvgIpc) is 3.17. The molecule has 1 fully saturated rings. The smallest absolute Gasteiger partial charge is 0.317 e. The van der Waals surface area contributed by atoms with Crippen molar-refractivity contribution in [3.63, 3.8) is 0 Å². The van der Waals surface area contributed by atoms with Gasteiger partial charge in [0.25, 0.3) is 0 Å². The number of thiazole rings is 1. The van der Waals surface area contributed by atoms with Gasteiger partial charge < -0.3 is 10.2 Å². The van der Waals surface area contributed by atoms with E-state index in [0.29, 0.717) is 6.54 Å². The quantitative estimate of drug-likeness (QED) is 0.943. The summed E-state index contributed by atoms with van der Waals surface area (Å²) in [4.78, 5) is 22.8. The minimum atomic E-state index is 0.0197. The molecule has 0 radical (unpaired) electrons. The van der Waals surface area contributed by atoms with Gasteiger partial charge in [-0.15, -0.1) is 11.3 Å². The van der Waals surface area contributed by atoms with Crippen molar-refractivity contribution >= 4 is 17.4 Å². The van der Waals surface area contributed by atoms with Gasteiger partial charge in [0.15, 0.2) is 0 Å². The summed E-state index contributed by atoms with van der Waals surface area (Å²) in [5.74, 6) is 0. The molecule has 116 valence electrons. The lowest BCUT2D eigenvalue weighted by Gasteiger charge is -2.25. The molecule has 3 rings (SSSR count). The molecule has 0 aliphatic carbocycles. The monoisotopic (exact) mass is 316 g/mol. The Kier molecular flexibility index (Phi) is 4.68. The Morgan fingerprint density at radius 3 is 3.00 bits per heavy atom. The van der Waals surface area contributed by atoms with Crippen LogP contribution in [0.1, 0.15) is 35.1 Å². The van der Waals surface area contributed by atoms with Gasteiger partial charge in [0.1, 0.15) is 0 Å². The molecular formula is C16H20N4OS. The third-order valence-electron chi connectivity index (χ3n) is 3.93. The van der Waals surface area contributed by atoms with Crippen molar-refractivity contribution in [2.45, 2.75) is 32.2 Å². The highest BCUT2D eigenvalue weighted by atomic mass is 32.1. The van der Waals surface area contributed by atoms with Crippen molar-refractivity contribution in [2.75, 3.05) is 13.1 Å². The van der Waals surface area contributed by atoms with Gasteiger partial charge in [0, 0.05) is 37.3 Å². The standard InChI is InChI=1S/C16H20N4OS/c1-12-19-14(11-22-12)6-9-18-16(21)20-10-2-3-15(20)13-4-7-17-8-5-13/h4-5,7-8,11,15H,2-3,6,9-10H2,1H3,(H,18,21)/t15-/m1/s1. The van der Waals surface area contributed by atoms with E-state index >= 15 is 0 Å². The second kappa shape index (κ2) is 6.87. The molecule has 2 aromatic heterocycles. The molecule has 1 aliphatic rings. The Balaban J connectivity index is 1.55. The SMILES string of the molecule is Cc1nc(CCNC(=O)N2CCC[C@@H]2c2ccncc2)cs1. The van der Waals surface area contributed by atoms with Gasteiger partial charge in [0.2, 0.25) is 0 Å². The molecule has 1 aliphatic heterocycles. The molecule has 0 aromatic carbocycles. The number of hydrogen-bond acceptors (Lipinski definition) is 4. The second-order valence-corrected chi connectivity index (χ2v) is 6.53. The molecule has 3 heterocycles. The van der Waals surface area contributed by atoms with Crippen LogP contribution in [0.15, 0.2) is 29.9 Å². The third kappa shape index (κ3) is 3.44. The van der Waals surface area contributed by atoms with Crippen LogP contribution in [0.2, 0.25) is 0 Å². The van der Waals surface area contributed by atoms with E-state index in [1.807, 2.05) is 24.0 Å². The lowest BCUT2D eigenvalue weighted by molar-refractivity contribution is 0.193. The summed E-state index contributed by atoms with van der Waals surface area (Å²) in [6, 6.07) is 4.18. The summed E-state index contributed by atoms with van der Waals surface area (Å²) >= 11 is 1.65. The van der Waals surface area contributed by atoms with Crippen molar-refractivity contribution in [3.05, 3.63) is 46.2 Å². The zero-order valence-corrected chi connectivity index (χ0v) is 13.5. The summed E-state index contributed by atoms with van der Waals surface area (Å²) < 4.78 is 0. The molecule has 2 aromatic rings. The number of likely N-dealkylation sites (tertiary alicyclic amines) is 1. The summed E-state index contributed by atoms with van der Waals surface area (Å²) in [6.07, 6.45) is 6.42. The van der Waals surface area contributed by atoms with E-state index in [0.717, 1.165) is 42.1 Å². The van der Waals surface area contributed by atoms with E-state index < -0.39 is 0 Å². The topological polar surface area (TPSA) is 58.1 Å². The van der Waals surface area contributed by atoms with Crippen LogP contribution >= 0.6 is 11.3 Å². The Bertz CT molecular complexity index is 628. The molecule has 0 unspecified atom stereocenters. The Morgan fingerprint density at radius 2 is 2.27 bits per heavy atom. The van der Waals surface area contributed by atoms with Crippen LogP contribution in [0.4, 0.5) is 4.79 Å². The highest BCUT2D eigenvalue weighted by molar-refractivity contribution is 7.09. The van der Waals surface area contributed by atoms with Gasteiger partial charge in [0.05, 0.1) is 16.7 Å². The Labute approximate surface area is 134 Å². The first-order valence-corrected chi connectivity index (χ1v) is 8.47. The van der Waals surface area contributed by atoms with Gasteiger partial charge in [-0.25, -0.2) is 9.78 Å². The third-order valence-corrected chi connectivity index (χ3v) is 4.75. The minimum absolute atomic E-state index is 0.0197. The lowest BCUT2D eigenvalue weighted by atomic mass is 10.1. The summed E-state index contributed by atoms with van der Waals surface area (Å²) in [5, 5.41) is 6.14. The molecule has 0 bridgehead atoms. The number of carbonyl (C=O) groups is 1. The van der Waals surface area contributed by atoms with Gasteiger partial charge >= 0.3 is 6.03 Å². The molecule has 1 N–H and O–H groups in total. The van der Waals surface area contributed by atoms with Gasteiger partial charge in [-0.1, -0.05) is 0 Å². The molecule has 1 saturated heterocycles. The molecular weight excluding hydrogens is 296 g/mol. The molecule has 2 amide bonds. The van der Waals surface area contributed by atoms with E-state index in [-0.39, 0.29) is 12.1 Å². The number of nitrogens with zero attached hydrogens (tertiary/aromatic N) is 3. The zero-order valence-electron chi connectivity index (χ0n) is 12.7. The van der Waals surface area contributed by atoms with Crippen molar-refractivity contribution < 1.29 is 4.79 Å². The van der Waals surface area contributed by atoms with Crippen LogP contribution in [0.5, 0.6) is 0 Å². The molecule has 0 saturated carbocycles. The number of amides is 2. The zero-order chi connectivity index (χ0) is 15.4. The average molecular weight is 316 g/mol. The van der Waals surface area contributed by atoms with Gasteiger partial charge in [-0.3, -0.25) is 4.98 Å². The van der Waals surface area contributed by atoms with E-state index in [4.69, 9.17) is 0 Å². The minimum Gasteiger partial charge on any atom is -0.338 e. The number of hydrogen-bond donors (Lipinski definition) is 1. The fourth-order valence-electron chi connectivity index (χ4n) is 2.86. The summed E-state index contributed by atoms with van der Waals surface area (Å²) in [5.41, 5.74) is 2.22. The number of urea groups is 1. The molecule has 0 spiro atoms. The maximum Gasteiger partial charge on any atom is 0.317 e. The maximum absolute atomic E-state index is 12.4. The van der Waals surface area contributed by atoms with Crippen LogP contribution in [0.3, 0.4) is 0 Å². The molecule has 5 nitrogen and oxygen atoms in total. The van der Waals surface area contributed by atoms with Crippen molar-refractivity contribution in [1.29, 1.82) is 0 Å².